The van der Waals surface area contributed by atoms with E-state index in [2.05, 4.69) is 23.9 Å². The molecule has 4 nitrogen and oxygen atoms in total. The zero-order valence-electron chi connectivity index (χ0n) is 11.9. The van der Waals surface area contributed by atoms with Crippen molar-refractivity contribution in [3.05, 3.63) is 10.6 Å². The average Bonchev–Trinajstić information content (AvgIpc) is 2.95. The van der Waals surface area contributed by atoms with Crippen molar-refractivity contribution >= 4 is 22.4 Å². The van der Waals surface area contributed by atoms with Gasteiger partial charge in [-0.15, -0.1) is 11.3 Å². The minimum atomic E-state index is -0.139. The van der Waals surface area contributed by atoms with Gasteiger partial charge in [-0.25, -0.2) is 4.98 Å². The number of hydrogen-bond acceptors (Lipinski definition) is 5. The summed E-state index contributed by atoms with van der Waals surface area (Å²) < 4.78 is 5.13. The van der Waals surface area contributed by atoms with Crippen LogP contribution in [0.3, 0.4) is 0 Å². The molecule has 1 aromatic heterocycles. The van der Waals surface area contributed by atoms with Crippen LogP contribution in [0.25, 0.3) is 0 Å². The summed E-state index contributed by atoms with van der Waals surface area (Å²) in [5, 5.41) is 1.03. The average molecular weight is 282 g/mol. The maximum atomic E-state index is 11.9. The number of aryl methyl sites for hydroxylation is 1. The molecule has 2 rings (SSSR count). The smallest absolute Gasteiger partial charge is 0.315 e. The molecule has 1 aromatic rings. The lowest BCUT2D eigenvalue weighted by Gasteiger charge is -2.15. The van der Waals surface area contributed by atoms with Crippen LogP contribution < -0.4 is 4.90 Å². The standard InChI is InChI=1S/C14H22N2O2S/c1-4-6-9-16(3)14-15-12-10(13(17)18-5-2)7-8-11(12)19-14/h10H,4-9H2,1-3H3. The number of thiazole rings is 1. The number of unbranched alkanes of at least 4 members (excludes halogenated alkanes) is 1. The fourth-order valence-electron chi connectivity index (χ4n) is 2.34. The third-order valence-corrected chi connectivity index (χ3v) is 4.70. The summed E-state index contributed by atoms with van der Waals surface area (Å²) in [6, 6.07) is 0. The van der Waals surface area contributed by atoms with Crippen molar-refractivity contribution in [2.75, 3.05) is 25.1 Å². The Hall–Kier alpha value is -1.10. The monoisotopic (exact) mass is 282 g/mol. The molecule has 0 fully saturated rings. The maximum Gasteiger partial charge on any atom is 0.315 e. The zero-order valence-corrected chi connectivity index (χ0v) is 12.8. The Morgan fingerprint density at radius 2 is 2.32 bits per heavy atom. The Morgan fingerprint density at radius 3 is 3.00 bits per heavy atom. The number of nitrogens with zero attached hydrogens (tertiary/aromatic N) is 2. The first-order valence-electron chi connectivity index (χ1n) is 7.04. The summed E-state index contributed by atoms with van der Waals surface area (Å²) in [6.07, 6.45) is 4.16. The van der Waals surface area contributed by atoms with E-state index in [-0.39, 0.29) is 11.9 Å². The van der Waals surface area contributed by atoms with Crippen LogP contribution in [0.4, 0.5) is 5.13 Å². The van der Waals surface area contributed by atoms with Gasteiger partial charge in [0.25, 0.3) is 0 Å². The Balaban J connectivity index is 2.09. The summed E-state index contributed by atoms with van der Waals surface area (Å²) in [5.74, 6) is -0.256. The number of esters is 1. The molecule has 5 heteroatoms. The molecular formula is C14H22N2O2S. The number of ether oxygens (including phenoxy) is 1. The molecule has 106 valence electrons. The summed E-state index contributed by atoms with van der Waals surface area (Å²) in [6.45, 7) is 5.50. The van der Waals surface area contributed by atoms with Crippen LogP contribution in [0.15, 0.2) is 0 Å². The van der Waals surface area contributed by atoms with Gasteiger partial charge in [-0.1, -0.05) is 13.3 Å². The molecule has 1 atom stereocenters. The second kappa shape index (κ2) is 6.37. The highest BCUT2D eigenvalue weighted by molar-refractivity contribution is 7.15. The van der Waals surface area contributed by atoms with Crippen LogP contribution in [-0.4, -0.2) is 31.2 Å². The number of fused-ring (bicyclic) bond motifs is 1. The molecule has 1 aliphatic carbocycles. The largest absolute Gasteiger partial charge is 0.465 e. The normalized spacial score (nSPS) is 17.3. The van der Waals surface area contributed by atoms with E-state index in [1.807, 2.05) is 6.92 Å². The highest BCUT2D eigenvalue weighted by atomic mass is 32.1. The topological polar surface area (TPSA) is 42.4 Å². The lowest BCUT2D eigenvalue weighted by atomic mass is 10.1. The summed E-state index contributed by atoms with van der Waals surface area (Å²) in [5.41, 5.74) is 0.960. The van der Waals surface area contributed by atoms with Gasteiger partial charge in [-0.2, -0.15) is 0 Å². The van der Waals surface area contributed by atoms with Crippen molar-refractivity contribution in [3.63, 3.8) is 0 Å². The molecule has 0 saturated heterocycles. The predicted octanol–water partition coefficient (Wildman–Crippen LogP) is 2.97. The summed E-state index contributed by atoms with van der Waals surface area (Å²) in [7, 11) is 2.07. The van der Waals surface area contributed by atoms with Gasteiger partial charge in [0.05, 0.1) is 12.3 Å². The van der Waals surface area contributed by atoms with E-state index < -0.39 is 0 Å². The molecule has 0 bridgehead atoms. The van der Waals surface area contributed by atoms with Gasteiger partial charge in [0.2, 0.25) is 0 Å². The molecule has 0 N–H and O–H groups in total. The first kappa shape index (κ1) is 14.3. The third kappa shape index (κ3) is 3.08. The number of anilines is 1. The number of aromatic nitrogens is 1. The van der Waals surface area contributed by atoms with E-state index in [0.717, 1.165) is 30.2 Å². The molecule has 1 unspecified atom stereocenters. The van der Waals surface area contributed by atoms with Crippen LogP contribution in [0.2, 0.25) is 0 Å². The fraction of sp³-hybridized carbons (Fsp3) is 0.714. The van der Waals surface area contributed by atoms with E-state index in [1.165, 1.54) is 17.7 Å². The summed E-state index contributed by atoms with van der Waals surface area (Å²) >= 11 is 1.73. The van der Waals surface area contributed by atoms with Crippen molar-refractivity contribution in [1.82, 2.24) is 4.98 Å². The quantitative estimate of drug-likeness (QED) is 0.752. The van der Waals surface area contributed by atoms with Crippen LogP contribution in [0, 0.1) is 0 Å². The molecule has 0 spiro atoms. The van der Waals surface area contributed by atoms with E-state index >= 15 is 0 Å². The van der Waals surface area contributed by atoms with Crippen molar-refractivity contribution in [1.29, 1.82) is 0 Å². The van der Waals surface area contributed by atoms with E-state index in [0.29, 0.717) is 6.61 Å². The van der Waals surface area contributed by atoms with Gasteiger partial charge in [-0.3, -0.25) is 4.79 Å². The van der Waals surface area contributed by atoms with Gasteiger partial charge in [-0.05, 0) is 26.2 Å². The number of rotatable bonds is 6. The Kier molecular flexibility index (Phi) is 4.80. The summed E-state index contributed by atoms with van der Waals surface area (Å²) in [4.78, 5) is 20.0. The molecule has 0 amide bonds. The van der Waals surface area contributed by atoms with E-state index in [1.54, 1.807) is 11.3 Å². The molecule has 1 heterocycles. The Morgan fingerprint density at radius 1 is 1.53 bits per heavy atom. The molecule has 0 aliphatic heterocycles. The predicted molar refractivity (Wildman–Crippen MR) is 78.0 cm³/mol. The van der Waals surface area contributed by atoms with Crippen molar-refractivity contribution in [2.24, 2.45) is 0 Å². The first-order valence-corrected chi connectivity index (χ1v) is 7.86. The van der Waals surface area contributed by atoms with Crippen LogP contribution >= 0.6 is 11.3 Å². The van der Waals surface area contributed by atoms with Gasteiger partial charge >= 0.3 is 5.97 Å². The van der Waals surface area contributed by atoms with Gasteiger partial charge in [0.15, 0.2) is 5.13 Å². The zero-order chi connectivity index (χ0) is 13.8. The lowest BCUT2D eigenvalue weighted by molar-refractivity contribution is -0.145. The fourth-order valence-corrected chi connectivity index (χ4v) is 3.46. The van der Waals surface area contributed by atoms with Gasteiger partial charge in [0, 0.05) is 18.5 Å². The Bertz CT molecular complexity index is 445. The lowest BCUT2D eigenvalue weighted by Crippen LogP contribution is -2.19. The van der Waals surface area contributed by atoms with Crippen molar-refractivity contribution < 1.29 is 9.53 Å². The molecular weight excluding hydrogens is 260 g/mol. The van der Waals surface area contributed by atoms with Crippen LogP contribution in [0.5, 0.6) is 0 Å². The molecule has 0 saturated carbocycles. The highest BCUT2D eigenvalue weighted by Gasteiger charge is 2.33. The molecule has 19 heavy (non-hydrogen) atoms. The minimum absolute atomic E-state index is 0.116. The van der Waals surface area contributed by atoms with Gasteiger partial charge < -0.3 is 9.64 Å². The van der Waals surface area contributed by atoms with Crippen molar-refractivity contribution in [3.8, 4) is 0 Å². The Labute approximate surface area is 118 Å². The molecule has 1 aliphatic rings. The second-order valence-corrected chi connectivity index (χ2v) is 5.99. The number of hydrogen-bond donors (Lipinski definition) is 0. The third-order valence-electron chi connectivity index (χ3n) is 3.45. The SMILES string of the molecule is CCCCN(C)c1nc2c(s1)CCC2C(=O)OCC. The van der Waals surface area contributed by atoms with Crippen LogP contribution in [-0.2, 0) is 16.0 Å². The van der Waals surface area contributed by atoms with Crippen molar-refractivity contribution in [2.45, 2.75) is 45.4 Å². The number of carbonyl (C=O) groups excluding carboxylic acids is 1. The van der Waals surface area contributed by atoms with Crippen LogP contribution in [0.1, 0.15) is 49.6 Å². The molecule has 0 radical (unpaired) electrons. The van der Waals surface area contributed by atoms with Gasteiger partial charge in [0.1, 0.15) is 5.92 Å². The second-order valence-electron chi connectivity index (χ2n) is 4.92. The first-order chi connectivity index (χ1) is 9.17. The van der Waals surface area contributed by atoms with E-state index in [4.69, 9.17) is 4.74 Å². The van der Waals surface area contributed by atoms with E-state index in [9.17, 15) is 4.79 Å². The number of carbonyl (C=O) groups is 1. The molecule has 0 aromatic carbocycles. The maximum absolute atomic E-state index is 11.9. The highest BCUT2D eigenvalue weighted by Crippen LogP contribution is 2.39. The minimum Gasteiger partial charge on any atom is -0.465 e.